The van der Waals surface area contributed by atoms with Crippen LogP contribution in [0.3, 0.4) is 0 Å². The maximum absolute atomic E-state index is 5.39. The van der Waals surface area contributed by atoms with E-state index in [0.29, 0.717) is 5.41 Å². The first-order valence-electron chi connectivity index (χ1n) is 6.49. The summed E-state index contributed by atoms with van der Waals surface area (Å²) in [6.07, 6.45) is 6.73. The highest BCUT2D eigenvalue weighted by molar-refractivity contribution is 4.90. The largest absolute Gasteiger partial charge is 0.381 e. The molecule has 0 aromatic carbocycles. The number of hydrogen-bond donors (Lipinski definition) is 1. The third kappa shape index (κ3) is 2.94. The van der Waals surface area contributed by atoms with Gasteiger partial charge in [-0.1, -0.05) is 20.3 Å². The average molecular weight is 211 g/mol. The monoisotopic (exact) mass is 211 g/mol. The maximum atomic E-state index is 5.39. The lowest BCUT2D eigenvalue weighted by Gasteiger charge is -2.28. The number of ether oxygens (including phenoxy) is 1. The SMILES string of the molecule is CC1(C)CCCC1NCCC1CCOC1. The second kappa shape index (κ2) is 4.84. The number of nitrogens with one attached hydrogen (secondary N) is 1. The molecule has 1 saturated heterocycles. The van der Waals surface area contributed by atoms with Crippen LogP contribution in [0.2, 0.25) is 0 Å². The third-order valence-electron chi connectivity index (χ3n) is 4.22. The molecule has 88 valence electrons. The predicted molar refractivity (Wildman–Crippen MR) is 63.0 cm³/mol. The molecule has 2 fully saturated rings. The zero-order chi connectivity index (χ0) is 10.7. The van der Waals surface area contributed by atoms with Gasteiger partial charge in [-0.3, -0.25) is 0 Å². The Morgan fingerprint density at radius 2 is 2.20 bits per heavy atom. The first-order valence-corrected chi connectivity index (χ1v) is 6.49. The van der Waals surface area contributed by atoms with Crippen molar-refractivity contribution in [2.45, 2.75) is 52.0 Å². The fourth-order valence-electron chi connectivity index (χ4n) is 2.98. The molecule has 1 N–H and O–H groups in total. The Labute approximate surface area is 93.8 Å². The van der Waals surface area contributed by atoms with Crippen LogP contribution in [-0.2, 0) is 4.74 Å². The summed E-state index contributed by atoms with van der Waals surface area (Å²) in [6.45, 7) is 7.96. The van der Waals surface area contributed by atoms with E-state index in [1.807, 2.05) is 0 Å². The molecule has 2 rings (SSSR count). The molecule has 0 aromatic heterocycles. The summed E-state index contributed by atoms with van der Waals surface area (Å²) in [6, 6.07) is 0.750. The van der Waals surface area contributed by atoms with Gasteiger partial charge >= 0.3 is 0 Å². The minimum absolute atomic E-state index is 0.520. The molecule has 0 bridgehead atoms. The van der Waals surface area contributed by atoms with E-state index >= 15 is 0 Å². The molecular formula is C13H25NO. The number of rotatable bonds is 4. The standard InChI is InChI=1S/C13H25NO/c1-13(2)7-3-4-12(13)14-8-5-11-6-9-15-10-11/h11-12,14H,3-10H2,1-2H3. The van der Waals surface area contributed by atoms with Crippen LogP contribution in [0, 0.1) is 11.3 Å². The smallest absolute Gasteiger partial charge is 0.0495 e. The van der Waals surface area contributed by atoms with Crippen molar-refractivity contribution in [3.63, 3.8) is 0 Å². The minimum Gasteiger partial charge on any atom is -0.381 e. The van der Waals surface area contributed by atoms with E-state index in [1.54, 1.807) is 0 Å². The predicted octanol–water partition coefficient (Wildman–Crippen LogP) is 2.58. The van der Waals surface area contributed by atoms with Gasteiger partial charge in [-0.15, -0.1) is 0 Å². The molecular weight excluding hydrogens is 186 g/mol. The molecule has 15 heavy (non-hydrogen) atoms. The van der Waals surface area contributed by atoms with E-state index in [1.165, 1.54) is 38.6 Å². The molecule has 2 heteroatoms. The molecule has 1 aliphatic carbocycles. The summed E-state index contributed by atoms with van der Waals surface area (Å²) in [7, 11) is 0. The lowest BCUT2D eigenvalue weighted by Crippen LogP contribution is -2.38. The Morgan fingerprint density at radius 3 is 2.80 bits per heavy atom. The van der Waals surface area contributed by atoms with Crippen molar-refractivity contribution < 1.29 is 4.74 Å². The van der Waals surface area contributed by atoms with Crippen molar-refractivity contribution in [2.24, 2.45) is 11.3 Å². The third-order valence-corrected chi connectivity index (χ3v) is 4.22. The van der Waals surface area contributed by atoms with E-state index in [2.05, 4.69) is 19.2 Å². The molecule has 0 amide bonds. The molecule has 2 atom stereocenters. The Morgan fingerprint density at radius 1 is 1.33 bits per heavy atom. The average Bonchev–Trinajstić information content (AvgIpc) is 2.77. The molecule has 2 unspecified atom stereocenters. The normalized spacial score (nSPS) is 34.8. The lowest BCUT2D eigenvalue weighted by atomic mass is 9.87. The van der Waals surface area contributed by atoms with Crippen LogP contribution in [0.15, 0.2) is 0 Å². The second-order valence-corrected chi connectivity index (χ2v) is 5.91. The molecule has 2 nitrogen and oxygen atoms in total. The maximum Gasteiger partial charge on any atom is 0.0495 e. The van der Waals surface area contributed by atoms with Crippen LogP contribution in [0.25, 0.3) is 0 Å². The topological polar surface area (TPSA) is 21.3 Å². The van der Waals surface area contributed by atoms with E-state index < -0.39 is 0 Å². The Hall–Kier alpha value is -0.0800. The van der Waals surface area contributed by atoms with Gasteiger partial charge in [0.15, 0.2) is 0 Å². The minimum atomic E-state index is 0.520. The number of hydrogen-bond acceptors (Lipinski definition) is 2. The lowest BCUT2D eigenvalue weighted by molar-refractivity contribution is 0.183. The molecule has 0 radical (unpaired) electrons. The second-order valence-electron chi connectivity index (χ2n) is 5.91. The summed E-state index contributed by atoms with van der Waals surface area (Å²) >= 11 is 0. The van der Waals surface area contributed by atoms with Crippen molar-refractivity contribution in [3.8, 4) is 0 Å². The van der Waals surface area contributed by atoms with Crippen LogP contribution in [-0.4, -0.2) is 25.8 Å². The first-order chi connectivity index (χ1) is 7.18. The van der Waals surface area contributed by atoms with E-state index in [-0.39, 0.29) is 0 Å². The fourth-order valence-corrected chi connectivity index (χ4v) is 2.98. The summed E-state index contributed by atoms with van der Waals surface area (Å²) in [5.74, 6) is 0.821. The van der Waals surface area contributed by atoms with Crippen LogP contribution in [0.4, 0.5) is 0 Å². The Balaban J connectivity index is 1.64. The Bertz CT molecular complexity index is 197. The van der Waals surface area contributed by atoms with Gasteiger partial charge in [0.05, 0.1) is 0 Å². The van der Waals surface area contributed by atoms with Gasteiger partial charge < -0.3 is 10.1 Å². The van der Waals surface area contributed by atoms with Gasteiger partial charge in [0, 0.05) is 19.3 Å². The zero-order valence-electron chi connectivity index (χ0n) is 10.2. The van der Waals surface area contributed by atoms with E-state index in [4.69, 9.17) is 4.74 Å². The van der Waals surface area contributed by atoms with Crippen molar-refractivity contribution >= 4 is 0 Å². The zero-order valence-corrected chi connectivity index (χ0v) is 10.2. The summed E-state index contributed by atoms with van der Waals surface area (Å²) in [4.78, 5) is 0. The van der Waals surface area contributed by atoms with Crippen LogP contribution >= 0.6 is 0 Å². The molecule has 1 saturated carbocycles. The van der Waals surface area contributed by atoms with E-state index in [9.17, 15) is 0 Å². The van der Waals surface area contributed by atoms with Gasteiger partial charge in [0.1, 0.15) is 0 Å². The van der Waals surface area contributed by atoms with Gasteiger partial charge in [-0.25, -0.2) is 0 Å². The summed E-state index contributed by atoms with van der Waals surface area (Å²) in [5, 5.41) is 3.74. The molecule has 1 heterocycles. The van der Waals surface area contributed by atoms with Gasteiger partial charge in [0.2, 0.25) is 0 Å². The van der Waals surface area contributed by atoms with Crippen molar-refractivity contribution in [1.29, 1.82) is 0 Å². The van der Waals surface area contributed by atoms with Crippen LogP contribution in [0.1, 0.15) is 46.0 Å². The molecule has 2 aliphatic rings. The van der Waals surface area contributed by atoms with Gasteiger partial charge in [-0.2, -0.15) is 0 Å². The van der Waals surface area contributed by atoms with Crippen LogP contribution < -0.4 is 5.32 Å². The first kappa shape index (κ1) is 11.4. The van der Waals surface area contributed by atoms with Crippen molar-refractivity contribution in [2.75, 3.05) is 19.8 Å². The van der Waals surface area contributed by atoms with Crippen molar-refractivity contribution in [1.82, 2.24) is 5.32 Å². The highest BCUT2D eigenvalue weighted by atomic mass is 16.5. The Kier molecular flexibility index (Phi) is 3.68. The van der Waals surface area contributed by atoms with Gasteiger partial charge in [-0.05, 0) is 43.6 Å². The van der Waals surface area contributed by atoms with E-state index in [0.717, 1.165) is 25.2 Å². The summed E-state index contributed by atoms with van der Waals surface area (Å²) < 4.78 is 5.39. The fraction of sp³-hybridized carbons (Fsp3) is 1.00. The van der Waals surface area contributed by atoms with Gasteiger partial charge in [0.25, 0.3) is 0 Å². The molecule has 0 spiro atoms. The highest BCUT2D eigenvalue weighted by Crippen LogP contribution is 2.37. The molecule has 0 aromatic rings. The quantitative estimate of drug-likeness (QED) is 0.771. The molecule has 1 aliphatic heterocycles. The van der Waals surface area contributed by atoms with Crippen LogP contribution in [0.5, 0.6) is 0 Å². The summed E-state index contributed by atoms with van der Waals surface area (Å²) in [5.41, 5.74) is 0.520. The highest BCUT2D eigenvalue weighted by Gasteiger charge is 2.33. The van der Waals surface area contributed by atoms with Crippen molar-refractivity contribution in [3.05, 3.63) is 0 Å².